The molecule has 0 bridgehead atoms. The Labute approximate surface area is 134 Å². The van der Waals surface area contributed by atoms with Crippen molar-refractivity contribution in [2.45, 2.75) is 13.8 Å². The van der Waals surface area contributed by atoms with Gasteiger partial charge in [-0.1, -0.05) is 0 Å². The van der Waals surface area contributed by atoms with Crippen LogP contribution in [-0.4, -0.2) is 66.7 Å². The van der Waals surface area contributed by atoms with E-state index in [1.807, 2.05) is 0 Å². The summed E-state index contributed by atoms with van der Waals surface area (Å²) in [7, 11) is 1.44. The zero-order chi connectivity index (χ0) is 13.5. The molecule has 6 nitrogen and oxygen atoms in total. The summed E-state index contributed by atoms with van der Waals surface area (Å²) in [4.78, 5) is 15.7. The van der Waals surface area contributed by atoms with Gasteiger partial charge in [-0.25, -0.2) is 9.78 Å². The molecule has 1 heterocycles. The molecule has 0 aliphatic carbocycles. The number of carbonyl (C=O) groups excluding carboxylic acids is 1. The summed E-state index contributed by atoms with van der Waals surface area (Å²) >= 11 is 0. The molecular weight excluding hydrogens is 259 g/mol. The molecule has 1 aromatic rings. The first-order valence-electron chi connectivity index (χ1n) is 5.57. The zero-order valence-corrected chi connectivity index (χ0v) is 13.6. The number of nitrogens with one attached hydrogen (secondary N) is 1. The quantitative estimate of drug-likeness (QED) is 0.378. The van der Waals surface area contributed by atoms with Gasteiger partial charge in [-0.05, 0) is 19.9 Å². The van der Waals surface area contributed by atoms with E-state index in [4.69, 9.17) is 19.6 Å². The monoisotopic (exact) mass is 275 g/mol. The molecule has 0 unspecified atom stereocenters. The molecule has 0 saturated heterocycles. The summed E-state index contributed by atoms with van der Waals surface area (Å²) in [6.45, 7) is 4.12. The van der Waals surface area contributed by atoms with Gasteiger partial charge in [-0.15, -0.1) is 0 Å². The third-order valence-electron chi connectivity index (χ3n) is 2.04. The SMILES string of the molecule is CCOC(=N)c1cc(C(=O)OCC)cc(OC)n1.[Na]. The maximum absolute atomic E-state index is 11.6. The Morgan fingerprint density at radius 1 is 1.26 bits per heavy atom. The van der Waals surface area contributed by atoms with Gasteiger partial charge in [0.15, 0.2) is 0 Å². The van der Waals surface area contributed by atoms with E-state index in [1.165, 1.54) is 19.2 Å². The first kappa shape index (κ1) is 17.9. The molecule has 0 aliphatic rings. The average molecular weight is 275 g/mol. The number of esters is 1. The van der Waals surface area contributed by atoms with Crippen LogP contribution in [0.25, 0.3) is 0 Å². The van der Waals surface area contributed by atoms with Crippen LogP contribution < -0.4 is 4.74 Å². The fourth-order valence-corrected chi connectivity index (χ4v) is 1.28. The van der Waals surface area contributed by atoms with Gasteiger partial charge in [-0.2, -0.15) is 0 Å². The molecule has 99 valence electrons. The minimum absolute atomic E-state index is 0. The van der Waals surface area contributed by atoms with Crippen LogP contribution in [0, 0.1) is 5.41 Å². The Bertz CT molecular complexity index is 415. The third-order valence-corrected chi connectivity index (χ3v) is 2.04. The molecule has 19 heavy (non-hydrogen) atoms. The Kier molecular flexibility index (Phi) is 8.38. The first-order valence-corrected chi connectivity index (χ1v) is 5.57. The van der Waals surface area contributed by atoms with Crippen LogP contribution in [0.2, 0.25) is 0 Å². The molecule has 7 heteroatoms. The molecule has 0 aromatic carbocycles. The van der Waals surface area contributed by atoms with Crippen LogP contribution in [0.4, 0.5) is 0 Å². The van der Waals surface area contributed by atoms with E-state index in [1.54, 1.807) is 13.8 Å². The van der Waals surface area contributed by atoms with Crippen LogP contribution >= 0.6 is 0 Å². The third kappa shape index (κ3) is 5.18. The van der Waals surface area contributed by atoms with Crippen molar-refractivity contribution in [3.05, 3.63) is 23.4 Å². The van der Waals surface area contributed by atoms with Crippen LogP contribution in [0.1, 0.15) is 29.9 Å². The van der Waals surface area contributed by atoms with Crippen LogP contribution in [0.5, 0.6) is 5.88 Å². The van der Waals surface area contributed by atoms with Crippen molar-refractivity contribution in [1.29, 1.82) is 5.41 Å². The molecule has 1 radical (unpaired) electrons. The average Bonchev–Trinajstić information content (AvgIpc) is 2.38. The predicted molar refractivity (Wildman–Crippen MR) is 71.0 cm³/mol. The first-order chi connectivity index (χ1) is 8.62. The zero-order valence-electron chi connectivity index (χ0n) is 11.6. The van der Waals surface area contributed by atoms with Gasteiger partial charge in [0, 0.05) is 35.6 Å². The fourth-order valence-electron chi connectivity index (χ4n) is 1.28. The van der Waals surface area contributed by atoms with E-state index >= 15 is 0 Å². The molecule has 0 aliphatic heterocycles. The maximum atomic E-state index is 11.6. The van der Waals surface area contributed by atoms with Gasteiger partial charge in [-0.3, -0.25) is 5.41 Å². The smallest absolute Gasteiger partial charge is 0.338 e. The van der Waals surface area contributed by atoms with Gasteiger partial charge in [0.1, 0.15) is 5.69 Å². The number of carbonyl (C=O) groups is 1. The number of nitrogens with zero attached hydrogens (tertiary/aromatic N) is 1. The van der Waals surface area contributed by atoms with Gasteiger partial charge < -0.3 is 14.2 Å². The molecule has 0 amide bonds. The fraction of sp³-hybridized carbons (Fsp3) is 0.417. The summed E-state index contributed by atoms with van der Waals surface area (Å²) in [6.07, 6.45) is 0. The number of aromatic nitrogens is 1. The molecule has 1 N–H and O–H groups in total. The second-order valence-corrected chi connectivity index (χ2v) is 3.27. The van der Waals surface area contributed by atoms with Gasteiger partial charge in [0.05, 0.1) is 25.9 Å². The van der Waals surface area contributed by atoms with Gasteiger partial charge >= 0.3 is 5.97 Å². The standard InChI is InChI=1S/C12H16N2O4.Na/c1-4-17-11(13)9-6-8(12(15)18-5-2)7-10(14-9)16-3;/h6-7,13H,4-5H2,1-3H3;. The van der Waals surface area contributed by atoms with Gasteiger partial charge in [0.25, 0.3) is 0 Å². The molecule has 1 aromatic heterocycles. The maximum Gasteiger partial charge on any atom is 0.338 e. The van der Waals surface area contributed by atoms with Crippen LogP contribution in [-0.2, 0) is 9.47 Å². The van der Waals surface area contributed by atoms with Crippen molar-refractivity contribution in [2.75, 3.05) is 20.3 Å². The Balaban J connectivity index is 0.00000324. The molecule has 0 atom stereocenters. The minimum Gasteiger partial charge on any atom is -0.481 e. The number of hydrogen-bond acceptors (Lipinski definition) is 6. The Morgan fingerprint density at radius 3 is 2.42 bits per heavy atom. The summed E-state index contributed by atoms with van der Waals surface area (Å²) in [6, 6.07) is 2.90. The Morgan fingerprint density at radius 2 is 1.89 bits per heavy atom. The molecular formula is C12H16N2NaO4. The second-order valence-electron chi connectivity index (χ2n) is 3.27. The van der Waals surface area contributed by atoms with E-state index in [-0.39, 0.29) is 59.2 Å². The van der Waals surface area contributed by atoms with E-state index in [2.05, 4.69) is 4.98 Å². The number of methoxy groups -OCH3 is 1. The minimum atomic E-state index is -0.483. The van der Waals surface area contributed by atoms with Crippen molar-refractivity contribution in [3.8, 4) is 5.88 Å². The largest absolute Gasteiger partial charge is 0.481 e. The van der Waals surface area contributed by atoms with E-state index < -0.39 is 5.97 Å². The number of pyridine rings is 1. The second kappa shape index (κ2) is 8.90. The molecule has 0 saturated carbocycles. The van der Waals surface area contributed by atoms with Crippen molar-refractivity contribution in [3.63, 3.8) is 0 Å². The van der Waals surface area contributed by atoms with Crippen molar-refractivity contribution >= 4 is 41.4 Å². The van der Waals surface area contributed by atoms with Crippen molar-refractivity contribution in [2.24, 2.45) is 0 Å². The summed E-state index contributed by atoms with van der Waals surface area (Å²) < 4.78 is 14.9. The number of rotatable bonds is 5. The van der Waals surface area contributed by atoms with E-state index in [9.17, 15) is 4.79 Å². The molecule has 0 fully saturated rings. The molecule has 1 rings (SSSR count). The van der Waals surface area contributed by atoms with Crippen molar-refractivity contribution in [1.82, 2.24) is 4.98 Å². The van der Waals surface area contributed by atoms with E-state index in [0.29, 0.717) is 6.61 Å². The normalized spacial score (nSPS) is 9.21. The van der Waals surface area contributed by atoms with E-state index in [0.717, 1.165) is 0 Å². The number of ether oxygens (including phenoxy) is 3. The number of hydrogen-bond donors (Lipinski definition) is 1. The summed E-state index contributed by atoms with van der Waals surface area (Å²) in [5.41, 5.74) is 0.516. The van der Waals surface area contributed by atoms with Gasteiger partial charge in [0.2, 0.25) is 11.8 Å². The molecule has 0 spiro atoms. The summed E-state index contributed by atoms with van der Waals surface area (Å²) in [5.74, 6) is -0.356. The van der Waals surface area contributed by atoms with Crippen LogP contribution in [0.3, 0.4) is 0 Å². The van der Waals surface area contributed by atoms with Crippen molar-refractivity contribution < 1.29 is 19.0 Å². The summed E-state index contributed by atoms with van der Waals surface area (Å²) in [5, 5.41) is 7.65. The van der Waals surface area contributed by atoms with Crippen LogP contribution in [0.15, 0.2) is 12.1 Å². The predicted octanol–water partition coefficient (Wildman–Crippen LogP) is 1.25. The Hall–Kier alpha value is -1.11. The topological polar surface area (TPSA) is 81.5 Å².